The molecule has 0 aliphatic heterocycles. The highest BCUT2D eigenvalue weighted by atomic mass is 32.2. The molecule has 108 valence electrons. The minimum Gasteiger partial charge on any atom is -0.392 e. The lowest BCUT2D eigenvalue weighted by atomic mass is 10.1. The van der Waals surface area contributed by atoms with E-state index in [0.717, 1.165) is 5.56 Å². The van der Waals surface area contributed by atoms with E-state index >= 15 is 0 Å². The van der Waals surface area contributed by atoms with Crippen molar-refractivity contribution in [2.45, 2.75) is 31.5 Å². The van der Waals surface area contributed by atoms with E-state index in [4.69, 9.17) is 0 Å². The molecule has 1 aromatic carbocycles. The van der Waals surface area contributed by atoms with Crippen molar-refractivity contribution in [3.05, 3.63) is 47.2 Å². The Morgan fingerprint density at radius 3 is 2.60 bits per heavy atom. The smallest absolute Gasteiger partial charge is 0.260 e. The SMILES string of the molecule is Cc1[nH]nc(S(=O)(=O)NC(C)c2ccccc2)c1CO. The zero-order valence-corrected chi connectivity index (χ0v) is 12.1. The van der Waals surface area contributed by atoms with Gasteiger partial charge in [-0.1, -0.05) is 30.3 Å². The maximum absolute atomic E-state index is 12.3. The number of aromatic amines is 1. The Morgan fingerprint density at radius 2 is 2.00 bits per heavy atom. The van der Waals surface area contributed by atoms with Crippen molar-refractivity contribution in [2.24, 2.45) is 0 Å². The van der Waals surface area contributed by atoms with E-state index in [-0.39, 0.29) is 23.2 Å². The fourth-order valence-corrected chi connectivity index (χ4v) is 3.36. The Bertz CT molecular complexity index is 680. The standard InChI is InChI=1S/C13H17N3O3S/c1-9(11-6-4-3-5-7-11)16-20(18,19)13-12(8-17)10(2)14-15-13/h3-7,9,16-17H,8H2,1-2H3,(H,14,15). The molecule has 0 radical (unpaired) electrons. The van der Waals surface area contributed by atoms with Crippen molar-refractivity contribution < 1.29 is 13.5 Å². The van der Waals surface area contributed by atoms with E-state index in [2.05, 4.69) is 14.9 Å². The van der Waals surface area contributed by atoms with Gasteiger partial charge in [-0.3, -0.25) is 5.10 Å². The molecule has 20 heavy (non-hydrogen) atoms. The summed E-state index contributed by atoms with van der Waals surface area (Å²) in [5.74, 6) is 0. The van der Waals surface area contributed by atoms with E-state index in [1.165, 1.54) is 0 Å². The van der Waals surface area contributed by atoms with Crippen LogP contribution in [0.5, 0.6) is 0 Å². The van der Waals surface area contributed by atoms with Crippen LogP contribution in [0.15, 0.2) is 35.4 Å². The molecule has 0 amide bonds. The molecule has 0 bridgehead atoms. The van der Waals surface area contributed by atoms with Crippen LogP contribution in [-0.2, 0) is 16.6 Å². The highest BCUT2D eigenvalue weighted by Gasteiger charge is 2.25. The molecular weight excluding hydrogens is 278 g/mol. The van der Waals surface area contributed by atoms with Crippen molar-refractivity contribution in [1.29, 1.82) is 0 Å². The number of aryl methyl sites for hydroxylation is 1. The van der Waals surface area contributed by atoms with Gasteiger partial charge in [-0.15, -0.1) is 0 Å². The first-order chi connectivity index (χ1) is 9.45. The topological polar surface area (TPSA) is 95.1 Å². The minimum atomic E-state index is -3.78. The van der Waals surface area contributed by atoms with E-state index in [9.17, 15) is 13.5 Å². The van der Waals surface area contributed by atoms with Gasteiger partial charge in [0.2, 0.25) is 0 Å². The average molecular weight is 295 g/mol. The first-order valence-electron chi connectivity index (χ1n) is 6.17. The molecule has 3 N–H and O–H groups in total. The number of aliphatic hydroxyl groups is 1. The lowest BCUT2D eigenvalue weighted by Crippen LogP contribution is -2.28. The molecule has 1 aromatic heterocycles. The maximum atomic E-state index is 12.3. The molecule has 0 saturated heterocycles. The summed E-state index contributed by atoms with van der Waals surface area (Å²) >= 11 is 0. The second kappa shape index (κ2) is 5.74. The van der Waals surface area contributed by atoms with Gasteiger partial charge in [0.25, 0.3) is 10.0 Å². The fraction of sp³-hybridized carbons (Fsp3) is 0.308. The summed E-state index contributed by atoms with van der Waals surface area (Å²) in [5.41, 5.74) is 1.69. The monoisotopic (exact) mass is 295 g/mol. The van der Waals surface area contributed by atoms with Crippen LogP contribution < -0.4 is 4.72 Å². The summed E-state index contributed by atoms with van der Waals surface area (Å²) in [6, 6.07) is 8.86. The molecule has 0 spiro atoms. The van der Waals surface area contributed by atoms with Crippen molar-refractivity contribution in [3.8, 4) is 0 Å². The van der Waals surface area contributed by atoms with Gasteiger partial charge >= 0.3 is 0 Å². The fourth-order valence-electron chi connectivity index (χ4n) is 1.94. The molecule has 0 fully saturated rings. The second-order valence-corrected chi connectivity index (χ2v) is 6.17. The summed E-state index contributed by atoms with van der Waals surface area (Å²) in [6.45, 7) is 3.04. The Morgan fingerprint density at radius 1 is 1.35 bits per heavy atom. The van der Waals surface area contributed by atoms with Gasteiger partial charge in [-0.2, -0.15) is 5.10 Å². The largest absolute Gasteiger partial charge is 0.392 e. The number of sulfonamides is 1. The molecule has 0 aliphatic carbocycles. The molecular formula is C13H17N3O3S. The van der Waals surface area contributed by atoms with E-state index in [1.807, 2.05) is 30.3 Å². The van der Waals surface area contributed by atoms with Crippen molar-refractivity contribution >= 4 is 10.0 Å². The van der Waals surface area contributed by atoms with Crippen LogP contribution in [0, 0.1) is 6.92 Å². The Kier molecular flexibility index (Phi) is 4.22. The number of hydrogen-bond acceptors (Lipinski definition) is 4. The Hall–Kier alpha value is -1.70. The van der Waals surface area contributed by atoms with Crippen molar-refractivity contribution in [1.82, 2.24) is 14.9 Å². The van der Waals surface area contributed by atoms with Crippen LogP contribution in [0.1, 0.15) is 29.8 Å². The number of nitrogens with one attached hydrogen (secondary N) is 2. The zero-order chi connectivity index (χ0) is 14.8. The van der Waals surface area contributed by atoms with Crippen LogP contribution in [0.25, 0.3) is 0 Å². The summed E-state index contributed by atoms with van der Waals surface area (Å²) in [4.78, 5) is 0. The first kappa shape index (κ1) is 14.7. The quantitative estimate of drug-likeness (QED) is 0.773. The van der Waals surface area contributed by atoms with Gasteiger partial charge in [0.05, 0.1) is 6.61 Å². The predicted octanol–water partition coefficient (Wildman–Crippen LogP) is 1.25. The van der Waals surface area contributed by atoms with Gasteiger partial charge in [0, 0.05) is 17.3 Å². The molecule has 6 nitrogen and oxygen atoms in total. The molecule has 7 heteroatoms. The number of nitrogens with zero attached hydrogens (tertiary/aromatic N) is 1. The number of rotatable bonds is 5. The van der Waals surface area contributed by atoms with E-state index in [1.54, 1.807) is 13.8 Å². The third-order valence-electron chi connectivity index (χ3n) is 3.08. The first-order valence-corrected chi connectivity index (χ1v) is 7.66. The molecule has 1 unspecified atom stereocenters. The summed E-state index contributed by atoms with van der Waals surface area (Å²) in [5, 5.41) is 15.4. The molecule has 0 saturated carbocycles. The van der Waals surface area contributed by atoms with Crippen molar-refractivity contribution in [3.63, 3.8) is 0 Å². The lowest BCUT2D eigenvalue weighted by Gasteiger charge is -2.14. The summed E-state index contributed by atoms with van der Waals surface area (Å²) < 4.78 is 27.2. The predicted molar refractivity (Wildman–Crippen MR) is 74.4 cm³/mol. The Balaban J connectivity index is 2.28. The maximum Gasteiger partial charge on any atom is 0.260 e. The number of aliphatic hydroxyl groups excluding tert-OH is 1. The van der Waals surface area contributed by atoms with Gasteiger partial charge in [0.15, 0.2) is 5.03 Å². The molecule has 0 aliphatic rings. The molecule has 1 atom stereocenters. The summed E-state index contributed by atoms with van der Waals surface area (Å²) in [7, 11) is -3.78. The number of aromatic nitrogens is 2. The Labute approximate surface area is 117 Å². The number of hydrogen-bond donors (Lipinski definition) is 3. The molecule has 2 rings (SSSR count). The van der Waals surface area contributed by atoms with Gasteiger partial charge in [0.1, 0.15) is 0 Å². The highest BCUT2D eigenvalue weighted by molar-refractivity contribution is 7.89. The third kappa shape index (κ3) is 2.90. The number of benzene rings is 1. The summed E-state index contributed by atoms with van der Waals surface area (Å²) in [6.07, 6.45) is 0. The number of H-pyrrole nitrogens is 1. The lowest BCUT2D eigenvalue weighted by molar-refractivity contribution is 0.277. The van der Waals surface area contributed by atoms with Crippen LogP contribution >= 0.6 is 0 Å². The van der Waals surface area contributed by atoms with Gasteiger partial charge in [-0.25, -0.2) is 13.1 Å². The van der Waals surface area contributed by atoms with Gasteiger partial charge < -0.3 is 5.11 Å². The second-order valence-electron chi connectivity index (χ2n) is 4.54. The normalized spacial score (nSPS) is 13.3. The zero-order valence-electron chi connectivity index (χ0n) is 11.3. The van der Waals surface area contributed by atoms with Crippen LogP contribution in [-0.4, -0.2) is 23.7 Å². The minimum absolute atomic E-state index is 0.153. The highest BCUT2D eigenvalue weighted by Crippen LogP contribution is 2.19. The van der Waals surface area contributed by atoms with Crippen LogP contribution in [0.2, 0.25) is 0 Å². The molecule has 2 aromatic rings. The van der Waals surface area contributed by atoms with E-state index < -0.39 is 10.0 Å². The third-order valence-corrected chi connectivity index (χ3v) is 4.59. The molecule has 1 heterocycles. The van der Waals surface area contributed by atoms with E-state index in [0.29, 0.717) is 5.69 Å². The van der Waals surface area contributed by atoms with Crippen molar-refractivity contribution in [2.75, 3.05) is 0 Å². The van der Waals surface area contributed by atoms with Crippen LogP contribution in [0.3, 0.4) is 0 Å². The van der Waals surface area contributed by atoms with Crippen LogP contribution in [0.4, 0.5) is 0 Å². The average Bonchev–Trinajstić information content (AvgIpc) is 2.81. The van der Waals surface area contributed by atoms with Gasteiger partial charge in [-0.05, 0) is 19.4 Å².